The third kappa shape index (κ3) is 10.1. The summed E-state index contributed by atoms with van der Waals surface area (Å²) < 4.78 is 0. The first kappa shape index (κ1) is 41.5. The normalized spacial score (nSPS) is 11.1. The molecule has 0 bridgehead atoms. The molecular weight excluding hydrogens is 868 g/mol. The molecule has 0 unspecified atom stereocenters. The molecule has 6 aromatic carbocycles. The van der Waals surface area contributed by atoms with Gasteiger partial charge in [-0.25, -0.2) is 0 Å². The predicted octanol–water partition coefficient (Wildman–Crippen LogP) is 8.89. The Morgan fingerprint density at radius 1 is 0.491 bits per heavy atom. The second kappa shape index (κ2) is 19.8. The second-order valence-corrected chi connectivity index (χ2v) is 21.5. The van der Waals surface area contributed by atoms with E-state index in [4.69, 9.17) is 19.1 Å². The van der Waals surface area contributed by atoms with E-state index >= 15 is 0 Å². The van der Waals surface area contributed by atoms with E-state index in [0.29, 0.717) is 12.3 Å². The van der Waals surface area contributed by atoms with Crippen LogP contribution in [0, 0.1) is 20.2 Å². The topological polar surface area (TPSA) is 120 Å². The van der Waals surface area contributed by atoms with Gasteiger partial charge in [0.1, 0.15) is 0 Å². The van der Waals surface area contributed by atoms with Gasteiger partial charge in [0.05, 0.1) is 9.85 Å². The summed E-state index contributed by atoms with van der Waals surface area (Å²) in [7, 11) is 9.63. The van der Waals surface area contributed by atoms with E-state index in [9.17, 15) is 29.8 Å². The van der Waals surface area contributed by atoms with Gasteiger partial charge in [0.25, 0.3) is 11.4 Å². The van der Waals surface area contributed by atoms with Crippen LogP contribution in [0.2, 0.25) is 0 Å². The van der Waals surface area contributed by atoms with Crippen LogP contribution < -0.4 is 21.2 Å². The fourth-order valence-electron chi connectivity index (χ4n) is 6.43. The molecule has 0 atom stereocenters. The monoisotopic (exact) mass is 900 g/mol. The number of benzene rings is 6. The molecule has 0 amide bonds. The molecule has 0 saturated carbocycles. The number of hydrogen-bond acceptors (Lipinski definition) is 6. The number of carbonyl (C=O) groups is 2. The van der Waals surface area contributed by atoms with Gasteiger partial charge in [-0.1, -0.05) is 146 Å². The van der Waals surface area contributed by atoms with E-state index in [0.717, 1.165) is 21.2 Å². The van der Waals surface area contributed by atoms with Crippen LogP contribution in [0.1, 0.15) is 20.7 Å². The summed E-state index contributed by atoms with van der Waals surface area (Å²) in [6.07, 6.45) is 0.940. The van der Waals surface area contributed by atoms with E-state index in [1.54, 1.807) is 23.7 Å². The van der Waals surface area contributed by atoms with Gasteiger partial charge in [-0.3, -0.25) is 29.8 Å². The number of nitro groups is 2. The molecule has 0 aliphatic rings. The molecular formula is C42H34Cl2N2O6P2Pd. The van der Waals surface area contributed by atoms with Crippen molar-refractivity contribution in [2.24, 2.45) is 0 Å². The van der Waals surface area contributed by atoms with Crippen molar-refractivity contribution in [2.75, 3.05) is 12.3 Å². The van der Waals surface area contributed by atoms with Gasteiger partial charge in [0.2, 0.25) is 0 Å². The summed E-state index contributed by atoms with van der Waals surface area (Å²) in [5.41, 5.74) is 0.0833. The molecule has 0 saturated heterocycles. The summed E-state index contributed by atoms with van der Waals surface area (Å²) in [5, 5.41) is 27.1. The van der Waals surface area contributed by atoms with E-state index in [-0.39, 0.29) is 50.0 Å². The standard InChI is InChI=1S/C42H34N2O6P2.2ClH.Pd/c45-41(33-15-13-17-35(29-33)43(47)48)31-51(37-19-5-1-6-20-37,38-21-7-2-8-22-38)27-28-52(39-23-9-3-10-24-39,40-25-11-4-12-26-40)32-42(46)34-16-14-18-36(30-34)44(49)50;;;/h1-26,29-32H,27-28H2;2*1H;/q;;;+2/p-2. The van der Waals surface area contributed by atoms with Gasteiger partial charge in [-0.2, -0.15) is 0 Å². The Hall–Kier alpha value is -4.70. The third-order valence-corrected chi connectivity index (χ3v) is 17.5. The van der Waals surface area contributed by atoms with E-state index in [1.807, 2.05) is 121 Å². The number of hydrogen-bond donors (Lipinski definition) is 0. The molecule has 6 aromatic rings. The Kier molecular flexibility index (Phi) is 14.9. The molecule has 0 fully saturated rings. The van der Waals surface area contributed by atoms with Crippen molar-refractivity contribution >= 4 is 88.6 Å². The molecule has 8 nitrogen and oxygen atoms in total. The summed E-state index contributed by atoms with van der Waals surface area (Å²) in [5.74, 6) is 2.88. The SMILES string of the molecule is O=C(C=P(CCP(=CC(=O)c1cccc([N+](=O)[O-])c1)(c1ccccc1)c1ccccc1)(c1ccccc1)c1ccccc1)c1cccc([N+](=O)[O-])c1.[Cl][Pd][Cl]. The van der Waals surface area contributed by atoms with Crippen molar-refractivity contribution in [3.05, 3.63) is 201 Å². The fraction of sp³-hybridized carbons (Fsp3) is 0.0476. The first-order chi connectivity index (χ1) is 26.6. The van der Waals surface area contributed by atoms with Gasteiger partial charge in [-0.15, -0.1) is 0 Å². The van der Waals surface area contributed by atoms with Crippen LogP contribution in [0.4, 0.5) is 11.4 Å². The molecule has 282 valence electrons. The molecule has 0 aromatic heterocycles. The quantitative estimate of drug-likeness (QED) is 0.0376. The molecule has 0 heterocycles. The minimum atomic E-state index is -2.77. The molecule has 0 N–H and O–H groups in total. The molecule has 0 aliphatic heterocycles. The zero-order chi connectivity index (χ0) is 39.3. The van der Waals surface area contributed by atoms with E-state index in [1.165, 1.54) is 36.4 Å². The maximum atomic E-state index is 14.3. The molecule has 13 heteroatoms. The Morgan fingerprint density at radius 2 is 0.764 bits per heavy atom. The Balaban J connectivity index is 0.00000187. The van der Waals surface area contributed by atoms with Crippen LogP contribution in [0.3, 0.4) is 0 Å². The van der Waals surface area contributed by atoms with E-state index < -0.39 is 23.6 Å². The van der Waals surface area contributed by atoms with E-state index in [2.05, 4.69) is 0 Å². The number of non-ortho nitro benzene ring substituents is 2. The van der Waals surface area contributed by atoms with Gasteiger partial charge in [0.15, 0.2) is 11.6 Å². The van der Waals surface area contributed by atoms with Crippen LogP contribution in [-0.2, 0) is 15.9 Å². The zero-order valence-electron chi connectivity index (χ0n) is 29.0. The van der Waals surface area contributed by atoms with Crippen LogP contribution in [0.25, 0.3) is 0 Å². The number of ketones is 2. The third-order valence-electron chi connectivity index (χ3n) is 9.03. The second-order valence-electron chi connectivity index (χ2n) is 12.2. The number of halogens is 2. The summed E-state index contributed by atoms with van der Waals surface area (Å²) in [6, 6.07) is 50.8. The van der Waals surface area contributed by atoms with Crippen molar-refractivity contribution in [3.8, 4) is 0 Å². The average Bonchev–Trinajstić information content (AvgIpc) is 3.23. The molecule has 6 rings (SSSR count). The van der Waals surface area contributed by atoms with Crippen LogP contribution >= 0.6 is 32.8 Å². The van der Waals surface area contributed by atoms with Crippen molar-refractivity contribution in [1.82, 2.24) is 0 Å². The predicted molar refractivity (Wildman–Crippen MR) is 227 cm³/mol. The van der Waals surface area contributed by atoms with Crippen LogP contribution in [0.5, 0.6) is 0 Å². The maximum absolute atomic E-state index is 14.3. The molecule has 0 radical (unpaired) electrons. The number of Topliss-reactive ketones (excluding diaryl/α,β-unsaturated/α-hetero) is 2. The first-order valence-corrected chi connectivity index (χ1v) is 24.8. The fourth-order valence-corrected chi connectivity index (χ4v) is 15.4. The molecule has 55 heavy (non-hydrogen) atoms. The number of nitrogens with zero attached hydrogens (tertiary/aromatic N) is 2. The Labute approximate surface area is 335 Å². The number of carbonyl (C=O) groups excluding carboxylic acids is 2. The summed E-state index contributed by atoms with van der Waals surface area (Å²) >= 11 is -0.106. The van der Waals surface area contributed by atoms with Crippen LogP contribution in [0.15, 0.2) is 170 Å². The summed E-state index contributed by atoms with van der Waals surface area (Å²) in [6.45, 7) is -5.54. The number of rotatable bonds is 13. The van der Waals surface area contributed by atoms with Gasteiger partial charge in [0, 0.05) is 35.4 Å². The average molecular weight is 902 g/mol. The molecule has 0 spiro atoms. The van der Waals surface area contributed by atoms with Gasteiger partial charge >= 0.3 is 35.0 Å². The van der Waals surface area contributed by atoms with Crippen molar-refractivity contribution < 1.29 is 35.4 Å². The molecule has 0 aliphatic carbocycles. The number of nitro benzene ring substituents is 2. The zero-order valence-corrected chi connectivity index (χ0v) is 33.9. The Bertz CT molecular complexity index is 2150. The van der Waals surface area contributed by atoms with Crippen molar-refractivity contribution in [2.45, 2.75) is 0 Å². The minimum absolute atomic E-state index is 0.106. The first-order valence-electron chi connectivity index (χ1n) is 16.7. The van der Waals surface area contributed by atoms with Gasteiger partial charge in [-0.05, 0) is 58.9 Å². The summed E-state index contributed by atoms with van der Waals surface area (Å²) in [4.78, 5) is 51.0. The van der Waals surface area contributed by atoms with Crippen molar-refractivity contribution in [3.63, 3.8) is 0 Å². The van der Waals surface area contributed by atoms with Gasteiger partial charge < -0.3 is 0 Å². The van der Waals surface area contributed by atoms with Crippen molar-refractivity contribution in [1.29, 1.82) is 0 Å². The Morgan fingerprint density at radius 3 is 1.02 bits per heavy atom. The van der Waals surface area contributed by atoms with Crippen LogP contribution in [-0.4, -0.2) is 45.3 Å².